The number of halogens is 2. The van der Waals surface area contributed by atoms with Gasteiger partial charge in [0.25, 0.3) is 0 Å². The monoisotopic (exact) mass is 290 g/mol. The van der Waals surface area contributed by atoms with Crippen molar-refractivity contribution in [3.8, 4) is 0 Å². The van der Waals surface area contributed by atoms with Crippen molar-refractivity contribution in [1.29, 1.82) is 0 Å². The summed E-state index contributed by atoms with van der Waals surface area (Å²) in [5.41, 5.74) is -2.42. The van der Waals surface area contributed by atoms with Crippen LogP contribution in [-0.2, 0) is 9.53 Å². The summed E-state index contributed by atoms with van der Waals surface area (Å²) in [6.07, 6.45) is 3.20. The zero-order chi connectivity index (χ0) is 14.8. The van der Waals surface area contributed by atoms with E-state index in [1.807, 2.05) is 0 Å². The van der Waals surface area contributed by atoms with E-state index in [2.05, 4.69) is 0 Å². The molecule has 114 valence electrons. The summed E-state index contributed by atoms with van der Waals surface area (Å²) in [6, 6.07) is 0. The van der Waals surface area contributed by atoms with Gasteiger partial charge in [-0.25, -0.2) is 4.79 Å². The predicted octanol–water partition coefficient (Wildman–Crippen LogP) is 1.63. The second kappa shape index (κ2) is 3.91. The van der Waals surface area contributed by atoms with Crippen molar-refractivity contribution in [1.82, 2.24) is 0 Å². The summed E-state index contributed by atoms with van der Waals surface area (Å²) < 4.78 is 30.5. The largest absolute Gasteiger partial charge is 0.461 e. The first-order valence-corrected chi connectivity index (χ1v) is 7.03. The molecule has 4 bridgehead atoms. The lowest BCUT2D eigenvalue weighted by Crippen LogP contribution is -2.64. The molecule has 0 radical (unpaired) electrons. The number of ether oxygens (including phenoxy) is 1. The molecule has 4 saturated carbocycles. The van der Waals surface area contributed by atoms with Crippen molar-refractivity contribution in [2.75, 3.05) is 6.61 Å². The first-order chi connectivity index (χ1) is 9.03. The van der Waals surface area contributed by atoms with Gasteiger partial charge in [-0.15, -0.1) is 0 Å². The van der Waals surface area contributed by atoms with Gasteiger partial charge in [-0.1, -0.05) is 0 Å². The molecule has 6 heteroatoms. The Morgan fingerprint density at radius 3 is 2.20 bits per heavy atom. The Bertz CT molecular complexity index is 427. The molecule has 2 unspecified atom stereocenters. The second-order valence-corrected chi connectivity index (χ2v) is 7.42. The lowest BCUT2D eigenvalue weighted by molar-refractivity contribution is -0.242. The average Bonchev–Trinajstić information content (AvgIpc) is 2.19. The van der Waals surface area contributed by atoms with Crippen LogP contribution in [0, 0.1) is 11.3 Å². The highest BCUT2D eigenvalue weighted by Crippen LogP contribution is 2.63. The van der Waals surface area contributed by atoms with E-state index in [4.69, 9.17) is 4.74 Å². The molecule has 4 rings (SSSR count). The van der Waals surface area contributed by atoms with Crippen molar-refractivity contribution in [2.45, 2.75) is 62.6 Å². The minimum Gasteiger partial charge on any atom is -0.461 e. The lowest BCUT2D eigenvalue weighted by Gasteiger charge is -2.62. The summed E-state index contributed by atoms with van der Waals surface area (Å²) >= 11 is 0. The maximum Gasteiger partial charge on any atom is 0.376 e. The van der Waals surface area contributed by atoms with Gasteiger partial charge < -0.3 is 14.9 Å². The molecule has 4 fully saturated rings. The molecular weight excluding hydrogens is 270 g/mol. The van der Waals surface area contributed by atoms with Gasteiger partial charge >= 0.3 is 11.9 Å². The number of aliphatic hydroxyl groups is 2. The Morgan fingerprint density at radius 1 is 1.20 bits per heavy atom. The maximum atomic E-state index is 12.9. The van der Waals surface area contributed by atoms with Crippen molar-refractivity contribution in [3.63, 3.8) is 0 Å². The van der Waals surface area contributed by atoms with E-state index in [1.165, 1.54) is 0 Å². The van der Waals surface area contributed by atoms with Crippen molar-refractivity contribution in [2.24, 2.45) is 11.3 Å². The Hall–Kier alpha value is -0.750. The maximum absolute atomic E-state index is 12.9. The van der Waals surface area contributed by atoms with E-state index in [-0.39, 0.29) is 12.5 Å². The van der Waals surface area contributed by atoms with Crippen molar-refractivity contribution >= 4 is 5.97 Å². The molecule has 0 amide bonds. The first-order valence-electron chi connectivity index (χ1n) is 7.03. The molecule has 2 atom stereocenters. The van der Waals surface area contributed by atoms with Crippen LogP contribution in [0.15, 0.2) is 0 Å². The van der Waals surface area contributed by atoms with Crippen LogP contribution < -0.4 is 0 Å². The number of esters is 1. The molecule has 0 aliphatic heterocycles. The molecule has 0 aromatic heterocycles. The van der Waals surface area contributed by atoms with Gasteiger partial charge in [-0.3, -0.25) is 0 Å². The van der Waals surface area contributed by atoms with Gasteiger partial charge in [0, 0.05) is 18.8 Å². The number of carbonyl (C=O) groups excluding carboxylic acids is 1. The van der Waals surface area contributed by atoms with E-state index in [9.17, 15) is 23.8 Å². The third kappa shape index (κ3) is 2.33. The SMILES string of the molecule is CC(F)(F)C(=O)OCC12CC3CC(O)(CC(O)(C3)C1)C2. The van der Waals surface area contributed by atoms with E-state index in [0.717, 1.165) is 6.42 Å². The smallest absolute Gasteiger partial charge is 0.376 e. The van der Waals surface area contributed by atoms with Gasteiger partial charge in [0.2, 0.25) is 0 Å². The highest BCUT2D eigenvalue weighted by molar-refractivity contribution is 5.76. The van der Waals surface area contributed by atoms with Crippen molar-refractivity contribution < 1.29 is 28.5 Å². The van der Waals surface area contributed by atoms with Crippen LogP contribution in [-0.4, -0.2) is 39.9 Å². The van der Waals surface area contributed by atoms with Gasteiger partial charge in [0.05, 0.1) is 17.8 Å². The van der Waals surface area contributed by atoms with Crippen LogP contribution in [0.1, 0.15) is 45.4 Å². The third-order valence-corrected chi connectivity index (χ3v) is 4.99. The summed E-state index contributed by atoms with van der Waals surface area (Å²) in [4.78, 5) is 11.2. The van der Waals surface area contributed by atoms with Crippen LogP contribution in [0.25, 0.3) is 0 Å². The molecule has 2 N–H and O–H groups in total. The normalized spacial score (nSPS) is 46.5. The fourth-order valence-corrected chi connectivity index (χ4v) is 5.04. The number of alkyl halides is 2. The zero-order valence-electron chi connectivity index (χ0n) is 11.5. The molecule has 0 aromatic rings. The van der Waals surface area contributed by atoms with E-state index < -0.39 is 28.5 Å². The topological polar surface area (TPSA) is 66.8 Å². The van der Waals surface area contributed by atoms with Crippen LogP contribution in [0.3, 0.4) is 0 Å². The van der Waals surface area contributed by atoms with Crippen LogP contribution in [0.2, 0.25) is 0 Å². The average molecular weight is 290 g/mol. The summed E-state index contributed by atoms with van der Waals surface area (Å²) in [5.74, 6) is -4.86. The molecule has 0 spiro atoms. The highest BCUT2D eigenvalue weighted by Gasteiger charge is 2.63. The van der Waals surface area contributed by atoms with Gasteiger partial charge in [0.15, 0.2) is 0 Å². The number of carbonyl (C=O) groups is 1. The lowest BCUT2D eigenvalue weighted by atomic mass is 9.46. The zero-order valence-corrected chi connectivity index (χ0v) is 11.5. The Kier molecular flexibility index (Phi) is 2.78. The Labute approximate surface area is 116 Å². The molecule has 0 saturated heterocycles. The molecule has 0 heterocycles. The summed E-state index contributed by atoms with van der Waals surface area (Å²) in [7, 11) is 0. The third-order valence-electron chi connectivity index (χ3n) is 4.99. The quantitative estimate of drug-likeness (QED) is 0.775. The molecule has 20 heavy (non-hydrogen) atoms. The highest BCUT2D eigenvalue weighted by atomic mass is 19.3. The summed E-state index contributed by atoms with van der Waals surface area (Å²) in [5, 5.41) is 21.0. The number of hydrogen-bond acceptors (Lipinski definition) is 4. The Balaban J connectivity index is 1.75. The Morgan fingerprint density at radius 2 is 1.75 bits per heavy atom. The fourth-order valence-electron chi connectivity index (χ4n) is 5.04. The van der Waals surface area contributed by atoms with Crippen LogP contribution in [0.5, 0.6) is 0 Å². The minimum atomic E-state index is -3.50. The van der Waals surface area contributed by atoms with E-state index >= 15 is 0 Å². The number of rotatable bonds is 3. The molecular formula is C14H20F2O4. The second-order valence-electron chi connectivity index (χ2n) is 7.42. The molecule has 0 aromatic carbocycles. The van der Waals surface area contributed by atoms with Gasteiger partial charge in [-0.2, -0.15) is 8.78 Å². The predicted molar refractivity (Wildman–Crippen MR) is 65.1 cm³/mol. The standard InChI is InChI=1S/C14H20F2O4/c1-11(15,16)10(17)20-8-12-2-9-3-13(18,5-12)7-14(19,4-9)6-12/h9,18-19H,2-8H2,1H3. The van der Waals surface area contributed by atoms with Crippen LogP contribution >= 0.6 is 0 Å². The summed E-state index contributed by atoms with van der Waals surface area (Å²) in [6.45, 7) is 0.368. The molecule has 4 nitrogen and oxygen atoms in total. The van der Waals surface area contributed by atoms with E-state index in [1.54, 1.807) is 0 Å². The van der Waals surface area contributed by atoms with Gasteiger partial charge in [-0.05, 0) is 38.0 Å². The fraction of sp³-hybridized carbons (Fsp3) is 0.929. The van der Waals surface area contributed by atoms with Crippen molar-refractivity contribution in [3.05, 3.63) is 0 Å². The van der Waals surface area contributed by atoms with Crippen LogP contribution in [0.4, 0.5) is 8.78 Å². The molecule has 4 aliphatic rings. The molecule has 4 aliphatic carbocycles. The first kappa shape index (κ1) is 14.2. The number of hydrogen-bond donors (Lipinski definition) is 2. The van der Waals surface area contributed by atoms with E-state index in [0.29, 0.717) is 39.0 Å². The van der Waals surface area contributed by atoms with Gasteiger partial charge in [0.1, 0.15) is 0 Å². The minimum absolute atomic E-state index is 0.142.